The highest BCUT2D eigenvalue weighted by Crippen LogP contribution is 2.50. The third kappa shape index (κ3) is 2.82. The van der Waals surface area contributed by atoms with Crippen molar-refractivity contribution in [3.05, 3.63) is 35.4 Å². The molecule has 2 aliphatic rings. The second kappa shape index (κ2) is 6.46. The lowest BCUT2D eigenvalue weighted by Gasteiger charge is -2.47. The van der Waals surface area contributed by atoms with Gasteiger partial charge in [-0.05, 0) is 48.6 Å². The van der Waals surface area contributed by atoms with Crippen LogP contribution < -0.4 is 0 Å². The highest BCUT2D eigenvalue weighted by Gasteiger charge is 2.51. The maximum atomic E-state index is 12.7. The first-order valence-electron chi connectivity index (χ1n) is 8.91. The largest absolute Gasteiger partial charge is 0.465 e. The molecule has 0 radical (unpaired) electrons. The standard InChI is InChI=1S/C20H27NO2/c1-3-23-19(22)17-18(21)16-12-8-7-9-14(16)13-20(17,2)15-10-5-4-6-11-15/h7-9,12,15,17,21H,3-6,10-11,13H2,1-2H3/t17-,20+/m0/s1. The van der Waals surface area contributed by atoms with Gasteiger partial charge in [-0.3, -0.25) is 4.79 Å². The zero-order valence-electron chi connectivity index (χ0n) is 14.2. The third-order valence-electron chi connectivity index (χ3n) is 5.89. The number of carbonyl (C=O) groups excluding carboxylic acids is 1. The molecular formula is C20H27NO2. The topological polar surface area (TPSA) is 50.2 Å². The number of nitrogens with one attached hydrogen (secondary N) is 1. The van der Waals surface area contributed by atoms with Crippen LogP contribution in [-0.2, 0) is 16.0 Å². The van der Waals surface area contributed by atoms with E-state index in [0.717, 1.165) is 12.0 Å². The Morgan fingerprint density at radius 1 is 1.26 bits per heavy atom. The van der Waals surface area contributed by atoms with Gasteiger partial charge in [0.25, 0.3) is 0 Å². The second-order valence-corrected chi connectivity index (χ2v) is 7.27. The maximum absolute atomic E-state index is 12.7. The van der Waals surface area contributed by atoms with E-state index < -0.39 is 5.92 Å². The van der Waals surface area contributed by atoms with Crippen molar-refractivity contribution in [1.29, 1.82) is 5.41 Å². The number of hydrogen-bond donors (Lipinski definition) is 1. The summed E-state index contributed by atoms with van der Waals surface area (Å²) in [6.45, 7) is 4.44. The molecule has 1 saturated carbocycles. The Kier molecular flexibility index (Phi) is 4.56. The molecule has 0 aromatic heterocycles. The van der Waals surface area contributed by atoms with Crippen LogP contribution in [0.5, 0.6) is 0 Å². The molecule has 1 fully saturated rings. The summed E-state index contributed by atoms with van der Waals surface area (Å²) in [5, 5.41) is 8.71. The molecule has 0 saturated heterocycles. The molecule has 2 atom stereocenters. The van der Waals surface area contributed by atoms with Gasteiger partial charge in [-0.25, -0.2) is 0 Å². The smallest absolute Gasteiger partial charge is 0.315 e. The Morgan fingerprint density at radius 3 is 2.65 bits per heavy atom. The molecule has 3 rings (SSSR count). The van der Waals surface area contributed by atoms with Crippen LogP contribution in [0.4, 0.5) is 0 Å². The van der Waals surface area contributed by atoms with Crippen LogP contribution in [-0.4, -0.2) is 18.3 Å². The Balaban J connectivity index is 2.03. The highest BCUT2D eigenvalue weighted by atomic mass is 16.5. The predicted molar refractivity (Wildman–Crippen MR) is 91.8 cm³/mol. The molecule has 1 aromatic carbocycles. The number of carbonyl (C=O) groups is 1. The van der Waals surface area contributed by atoms with Crippen LogP contribution in [0.1, 0.15) is 57.1 Å². The Morgan fingerprint density at radius 2 is 1.96 bits per heavy atom. The number of fused-ring (bicyclic) bond motifs is 1. The number of hydrogen-bond acceptors (Lipinski definition) is 3. The average Bonchev–Trinajstić information content (AvgIpc) is 2.56. The van der Waals surface area contributed by atoms with Crippen molar-refractivity contribution in [3.8, 4) is 0 Å². The van der Waals surface area contributed by atoms with E-state index in [9.17, 15) is 4.79 Å². The fourth-order valence-corrected chi connectivity index (χ4v) is 4.69. The Labute approximate surface area is 138 Å². The first-order chi connectivity index (χ1) is 11.1. The van der Waals surface area contributed by atoms with Crippen molar-refractivity contribution in [2.75, 3.05) is 6.61 Å². The summed E-state index contributed by atoms with van der Waals surface area (Å²) in [6, 6.07) is 8.09. The fourth-order valence-electron chi connectivity index (χ4n) is 4.69. The van der Waals surface area contributed by atoms with E-state index in [4.69, 9.17) is 10.1 Å². The number of rotatable bonds is 3. The molecule has 0 amide bonds. The summed E-state index contributed by atoms with van der Waals surface area (Å²) in [7, 11) is 0. The third-order valence-corrected chi connectivity index (χ3v) is 5.89. The van der Waals surface area contributed by atoms with Crippen molar-refractivity contribution in [2.45, 2.75) is 52.4 Å². The van der Waals surface area contributed by atoms with Crippen LogP contribution in [0.25, 0.3) is 0 Å². The van der Waals surface area contributed by atoms with Gasteiger partial charge in [0.1, 0.15) is 5.92 Å². The number of ether oxygens (including phenoxy) is 1. The first kappa shape index (κ1) is 16.2. The molecule has 1 aromatic rings. The van der Waals surface area contributed by atoms with Gasteiger partial charge >= 0.3 is 5.97 Å². The molecular weight excluding hydrogens is 286 g/mol. The minimum Gasteiger partial charge on any atom is -0.465 e. The number of esters is 1. The van der Waals surface area contributed by atoms with Crippen LogP contribution in [0.15, 0.2) is 24.3 Å². The minimum atomic E-state index is -0.430. The summed E-state index contributed by atoms with van der Waals surface area (Å²) < 4.78 is 5.37. The zero-order valence-corrected chi connectivity index (χ0v) is 14.2. The fraction of sp³-hybridized carbons (Fsp3) is 0.600. The van der Waals surface area contributed by atoms with Crippen molar-refractivity contribution in [3.63, 3.8) is 0 Å². The maximum Gasteiger partial charge on any atom is 0.315 e. The summed E-state index contributed by atoms with van der Waals surface area (Å²) in [5.74, 6) is -0.139. The number of benzene rings is 1. The average molecular weight is 313 g/mol. The molecule has 23 heavy (non-hydrogen) atoms. The lowest BCUT2D eigenvalue weighted by molar-refractivity contribution is -0.151. The normalized spacial score (nSPS) is 28.3. The predicted octanol–water partition coefficient (Wildman–Crippen LogP) is 4.38. The summed E-state index contributed by atoms with van der Waals surface area (Å²) in [4.78, 5) is 12.7. The lowest BCUT2D eigenvalue weighted by Crippen LogP contribution is -2.50. The Hall–Kier alpha value is -1.64. The molecule has 0 aliphatic heterocycles. The van der Waals surface area contributed by atoms with Gasteiger partial charge in [0.05, 0.1) is 12.3 Å². The van der Waals surface area contributed by atoms with Gasteiger partial charge in [0, 0.05) is 0 Å². The summed E-state index contributed by atoms with van der Waals surface area (Å²) >= 11 is 0. The van der Waals surface area contributed by atoms with E-state index in [1.54, 1.807) is 0 Å². The van der Waals surface area contributed by atoms with E-state index in [-0.39, 0.29) is 11.4 Å². The van der Waals surface area contributed by atoms with E-state index >= 15 is 0 Å². The summed E-state index contributed by atoms with van der Waals surface area (Å²) in [5.41, 5.74) is 2.40. The van der Waals surface area contributed by atoms with Crippen LogP contribution in [0.3, 0.4) is 0 Å². The molecule has 2 aliphatic carbocycles. The van der Waals surface area contributed by atoms with Gasteiger partial charge < -0.3 is 10.1 Å². The quantitative estimate of drug-likeness (QED) is 0.842. The van der Waals surface area contributed by atoms with Crippen molar-refractivity contribution in [1.82, 2.24) is 0 Å². The lowest BCUT2D eigenvalue weighted by atomic mass is 9.56. The minimum absolute atomic E-state index is 0.196. The van der Waals surface area contributed by atoms with E-state index in [1.807, 2.05) is 25.1 Å². The Bertz CT molecular complexity index is 603. The molecule has 1 N–H and O–H groups in total. The highest BCUT2D eigenvalue weighted by molar-refractivity contribution is 6.12. The first-order valence-corrected chi connectivity index (χ1v) is 8.91. The van der Waals surface area contributed by atoms with Gasteiger partial charge in [-0.15, -0.1) is 0 Å². The second-order valence-electron chi connectivity index (χ2n) is 7.27. The van der Waals surface area contributed by atoms with Crippen molar-refractivity contribution >= 4 is 11.7 Å². The van der Waals surface area contributed by atoms with Crippen LogP contribution in [0, 0.1) is 22.7 Å². The monoisotopic (exact) mass is 313 g/mol. The summed E-state index contributed by atoms with van der Waals surface area (Å²) in [6.07, 6.45) is 6.99. The van der Waals surface area contributed by atoms with E-state index in [1.165, 1.54) is 37.7 Å². The zero-order chi connectivity index (χ0) is 16.4. The SMILES string of the molecule is CCOC(=O)[C@@H]1C(=N)c2ccccc2C[C@]1(C)C1CCCCC1. The van der Waals surface area contributed by atoms with Crippen LogP contribution >= 0.6 is 0 Å². The van der Waals surface area contributed by atoms with Crippen molar-refractivity contribution in [2.24, 2.45) is 17.3 Å². The van der Waals surface area contributed by atoms with Crippen molar-refractivity contribution < 1.29 is 9.53 Å². The van der Waals surface area contributed by atoms with E-state index in [0.29, 0.717) is 18.2 Å². The molecule has 0 heterocycles. The molecule has 3 nitrogen and oxygen atoms in total. The molecule has 124 valence electrons. The van der Waals surface area contributed by atoms with E-state index in [2.05, 4.69) is 13.0 Å². The van der Waals surface area contributed by atoms with Gasteiger partial charge in [-0.1, -0.05) is 50.5 Å². The van der Waals surface area contributed by atoms with Crippen LogP contribution in [0.2, 0.25) is 0 Å². The molecule has 3 heteroatoms. The van der Waals surface area contributed by atoms with Gasteiger partial charge in [0.2, 0.25) is 0 Å². The van der Waals surface area contributed by atoms with Gasteiger partial charge in [0.15, 0.2) is 0 Å². The van der Waals surface area contributed by atoms with Gasteiger partial charge in [-0.2, -0.15) is 0 Å². The molecule has 0 spiro atoms. The molecule has 0 unspecified atom stereocenters. The molecule has 0 bridgehead atoms.